The maximum Gasteiger partial charge on any atom is 0.251 e. The van der Waals surface area contributed by atoms with Gasteiger partial charge in [-0.1, -0.05) is 0 Å². The number of thioether (sulfide) groups is 1. The van der Waals surface area contributed by atoms with E-state index in [1.165, 1.54) is 30.0 Å². The molecule has 20 heavy (non-hydrogen) atoms. The van der Waals surface area contributed by atoms with E-state index in [2.05, 4.69) is 5.32 Å². The van der Waals surface area contributed by atoms with E-state index in [1.54, 1.807) is 13.2 Å². The maximum atomic E-state index is 13.4. The van der Waals surface area contributed by atoms with Gasteiger partial charge >= 0.3 is 0 Å². The van der Waals surface area contributed by atoms with Gasteiger partial charge in [-0.15, -0.1) is 11.8 Å². The highest BCUT2D eigenvalue weighted by Crippen LogP contribution is 2.20. The zero-order chi connectivity index (χ0) is 15.3. The van der Waals surface area contributed by atoms with Crippen molar-refractivity contribution in [1.82, 2.24) is 10.2 Å². The highest BCUT2D eigenvalue weighted by molar-refractivity contribution is 7.98. The second-order valence-electron chi connectivity index (χ2n) is 5.27. The second-order valence-corrected chi connectivity index (χ2v) is 6.11. The molecule has 0 heterocycles. The van der Waals surface area contributed by atoms with E-state index in [-0.39, 0.29) is 18.3 Å². The van der Waals surface area contributed by atoms with Crippen LogP contribution in [0.5, 0.6) is 0 Å². The van der Waals surface area contributed by atoms with Crippen molar-refractivity contribution in [3.05, 3.63) is 29.6 Å². The summed E-state index contributed by atoms with van der Waals surface area (Å²) >= 11 is 1.25. The first kappa shape index (κ1) is 16.9. The Bertz CT molecular complexity index is 478. The number of hydrogen-bond acceptors (Lipinski definition) is 4. The number of amides is 1. The van der Waals surface area contributed by atoms with Crippen LogP contribution in [0, 0.1) is 5.82 Å². The lowest BCUT2D eigenvalue weighted by Gasteiger charge is -2.27. The molecular weight excluding hydrogens is 279 g/mol. The predicted molar refractivity (Wildman–Crippen MR) is 79.7 cm³/mol. The Labute approximate surface area is 123 Å². The van der Waals surface area contributed by atoms with Gasteiger partial charge in [-0.25, -0.2) is 4.39 Å². The van der Waals surface area contributed by atoms with Crippen LogP contribution in [0.2, 0.25) is 0 Å². The third kappa shape index (κ3) is 5.11. The van der Waals surface area contributed by atoms with Gasteiger partial charge < -0.3 is 15.3 Å². The Morgan fingerprint density at radius 1 is 1.50 bits per heavy atom. The molecule has 0 bridgehead atoms. The number of rotatable bonds is 6. The van der Waals surface area contributed by atoms with Crippen LogP contribution >= 0.6 is 11.8 Å². The number of nitrogens with zero attached hydrogens (tertiary/aromatic N) is 1. The molecule has 0 aliphatic carbocycles. The number of benzene rings is 1. The number of nitrogens with one attached hydrogen (secondary N) is 1. The molecule has 112 valence electrons. The summed E-state index contributed by atoms with van der Waals surface area (Å²) in [7, 11) is 3.70. The van der Waals surface area contributed by atoms with Gasteiger partial charge in [-0.05, 0) is 45.5 Å². The Hall–Kier alpha value is -1.11. The average Bonchev–Trinajstić information content (AvgIpc) is 2.35. The molecule has 6 heteroatoms. The summed E-state index contributed by atoms with van der Waals surface area (Å²) in [6, 6.07) is 4.22. The van der Waals surface area contributed by atoms with Gasteiger partial charge in [-0.2, -0.15) is 0 Å². The fourth-order valence-electron chi connectivity index (χ4n) is 1.91. The van der Waals surface area contributed by atoms with Crippen LogP contribution in [-0.4, -0.2) is 55.0 Å². The van der Waals surface area contributed by atoms with Crippen molar-refractivity contribution < 1.29 is 14.3 Å². The van der Waals surface area contributed by atoms with Crippen LogP contribution in [0.1, 0.15) is 17.3 Å². The van der Waals surface area contributed by atoms with E-state index in [1.807, 2.05) is 19.0 Å². The molecule has 0 saturated heterocycles. The molecule has 1 unspecified atom stereocenters. The highest BCUT2D eigenvalue weighted by Gasteiger charge is 2.22. The molecule has 1 aromatic carbocycles. The smallest absolute Gasteiger partial charge is 0.251 e. The van der Waals surface area contributed by atoms with Crippen LogP contribution in [0.25, 0.3) is 0 Å². The van der Waals surface area contributed by atoms with Gasteiger partial charge in [-0.3, -0.25) is 4.79 Å². The van der Waals surface area contributed by atoms with Gasteiger partial charge in [0, 0.05) is 23.5 Å². The summed E-state index contributed by atoms with van der Waals surface area (Å²) < 4.78 is 13.4. The van der Waals surface area contributed by atoms with Crippen molar-refractivity contribution in [2.45, 2.75) is 17.4 Å². The van der Waals surface area contributed by atoms with Gasteiger partial charge in [0.2, 0.25) is 0 Å². The van der Waals surface area contributed by atoms with Crippen LogP contribution in [-0.2, 0) is 0 Å². The zero-order valence-electron chi connectivity index (χ0n) is 12.2. The number of carbonyl (C=O) groups is 1. The van der Waals surface area contributed by atoms with Crippen LogP contribution in [0.15, 0.2) is 23.1 Å². The molecule has 2 N–H and O–H groups in total. The molecule has 1 aromatic rings. The van der Waals surface area contributed by atoms with E-state index in [9.17, 15) is 14.3 Å². The van der Waals surface area contributed by atoms with Crippen molar-refractivity contribution in [2.75, 3.05) is 33.4 Å². The molecule has 1 amide bonds. The monoisotopic (exact) mass is 300 g/mol. The Morgan fingerprint density at radius 3 is 2.70 bits per heavy atom. The van der Waals surface area contributed by atoms with E-state index < -0.39 is 5.60 Å². The molecule has 0 aliphatic rings. The van der Waals surface area contributed by atoms with E-state index in [0.29, 0.717) is 17.0 Å². The van der Waals surface area contributed by atoms with Crippen molar-refractivity contribution >= 4 is 17.7 Å². The number of hydrogen-bond donors (Lipinski definition) is 2. The first-order valence-electron chi connectivity index (χ1n) is 6.24. The van der Waals surface area contributed by atoms with Gasteiger partial charge in [0.15, 0.2) is 0 Å². The molecule has 0 fully saturated rings. The van der Waals surface area contributed by atoms with Crippen molar-refractivity contribution in [1.29, 1.82) is 0 Å². The first-order chi connectivity index (χ1) is 9.25. The third-order valence-corrected chi connectivity index (χ3v) is 3.45. The molecule has 0 radical (unpaired) electrons. The van der Waals surface area contributed by atoms with Gasteiger partial charge in [0.1, 0.15) is 5.82 Å². The van der Waals surface area contributed by atoms with E-state index in [4.69, 9.17) is 0 Å². The summed E-state index contributed by atoms with van der Waals surface area (Å²) in [5.74, 6) is -0.659. The summed E-state index contributed by atoms with van der Waals surface area (Å²) in [4.78, 5) is 14.3. The number of halogens is 1. The van der Waals surface area contributed by atoms with Crippen molar-refractivity contribution in [3.8, 4) is 0 Å². The molecule has 0 saturated carbocycles. The van der Waals surface area contributed by atoms with E-state index in [0.717, 1.165) is 0 Å². The Kier molecular flexibility index (Phi) is 5.98. The largest absolute Gasteiger partial charge is 0.387 e. The average molecular weight is 300 g/mol. The molecule has 1 rings (SSSR count). The lowest BCUT2D eigenvalue weighted by molar-refractivity contribution is 0.0326. The van der Waals surface area contributed by atoms with E-state index >= 15 is 0 Å². The number of aliphatic hydroxyl groups is 1. The molecule has 0 spiro atoms. The summed E-state index contributed by atoms with van der Waals surface area (Å²) in [6.07, 6.45) is 1.75. The quantitative estimate of drug-likeness (QED) is 0.784. The number of likely N-dealkylation sites (N-methyl/N-ethyl adjacent to an activating group) is 1. The van der Waals surface area contributed by atoms with Crippen molar-refractivity contribution in [2.24, 2.45) is 0 Å². The Morgan fingerprint density at radius 2 is 2.15 bits per heavy atom. The fraction of sp³-hybridized carbons (Fsp3) is 0.500. The SMILES string of the molecule is CSc1cc(C(=O)NCC(C)(O)CN(C)C)ccc1F. The molecule has 0 aromatic heterocycles. The lowest BCUT2D eigenvalue weighted by Crippen LogP contribution is -2.47. The standard InChI is InChI=1S/C14H21FN2O2S/c1-14(19,9-17(2)3)8-16-13(18)10-5-6-11(15)12(7-10)20-4/h5-7,19H,8-9H2,1-4H3,(H,16,18). The minimum absolute atomic E-state index is 0.135. The first-order valence-corrected chi connectivity index (χ1v) is 7.46. The fourth-order valence-corrected chi connectivity index (χ4v) is 2.42. The van der Waals surface area contributed by atoms with Crippen molar-refractivity contribution in [3.63, 3.8) is 0 Å². The second kappa shape index (κ2) is 7.06. The highest BCUT2D eigenvalue weighted by atomic mass is 32.2. The topological polar surface area (TPSA) is 52.6 Å². The van der Waals surface area contributed by atoms with Crippen LogP contribution in [0.3, 0.4) is 0 Å². The molecule has 1 atom stereocenters. The summed E-state index contributed by atoms with van der Waals surface area (Å²) in [6.45, 7) is 2.23. The minimum Gasteiger partial charge on any atom is -0.387 e. The molecular formula is C14H21FN2O2S. The lowest BCUT2D eigenvalue weighted by atomic mass is 10.1. The third-order valence-electron chi connectivity index (χ3n) is 2.70. The molecule has 4 nitrogen and oxygen atoms in total. The summed E-state index contributed by atoms with van der Waals surface area (Å²) in [5.41, 5.74) is -0.627. The number of carbonyl (C=O) groups excluding carboxylic acids is 1. The maximum absolute atomic E-state index is 13.4. The normalized spacial score (nSPS) is 14.2. The zero-order valence-corrected chi connectivity index (χ0v) is 13.1. The van der Waals surface area contributed by atoms with Gasteiger partial charge in [0.05, 0.1) is 5.60 Å². The predicted octanol–water partition coefficient (Wildman–Crippen LogP) is 1.59. The van der Waals surface area contributed by atoms with Crippen LogP contribution in [0.4, 0.5) is 4.39 Å². The molecule has 0 aliphatic heterocycles. The summed E-state index contributed by atoms with van der Waals surface area (Å²) in [5, 5.41) is 12.8. The Balaban J connectivity index is 2.68. The van der Waals surface area contributed by atoms with Gasteiger partial charge in [0.25, 0.3) is 5.91 Å². The van der Waals surface area contributed by atoms with Crippen LogP contribution < -0.4 is 5.32 Å². The minimum atomic E-state index is -1.01.